The summed E-state index contributed by atoms with van der Waals surface area (Å²) < 4.78 is 97.6. The lowest BCUT2D eigenvalue weighted by molar-refractivity contribution is -0.141. The van der Waals surface area contributed by atoms with Gasteiger partial charge in [-0.15, -0.1) is 0 Å². The SMILES string of the molecule is COCCOC(=O)NC1CCN(c2nc(-c3ccccc3C(F)F)nc3cc(C)ccc23)CC1.Cc1ccc2c(N3CCC(NC(=O)[C@@H]4CCCO4)CC3)nc(-c3ccccc3C(F)F)nc2c1.Cc1ccc2c(N3CCN(C(=O)[C@H](O)CC(C)C)CC3)nc(-c3ccccc3C(F)F)nc2c1. The molecule has 0 saturated carbocycles. The fourth-order valence-electron chi connectivity index (χ4n) is 13.3. The number of nitrogens with zero attached hydrogens (tertiary/aromatic N) is 10. The monoisotopic (exact) mass is 1400 g/mol. The topological polar surface area (TPSA) is 213 Å². The molecule has 4 fully saturated rings. The Morgan fingerprint density at radius 1 is 0.520 bits per heavy atom. The van der Waals surface area contributed by atoms with E-state index in [4.69, 9.17) is 29.2 Å². The Hall–Kier alpha value is -9.59. The standard InChI is InChI=1S/C26H28F2N4O2.C26H30F2N4O2.C25H28F2N4O3/c1-16-8-9-20-21(15-16)30-24(19-6-3-2-5-18(19)23(27)28)31-25(20)32-12-10-17(11-13-32)29-26(33)22-7-4-14-34-22;1-16(2)14-22(33)26(34)32-12-10-31(11-13-32)25-20-9-8-17(3)15-21(20)29-24(30-25)19-7-5-4-6-18(19)23(27)28;1-16-7-8-20-21(15-16)29-23(19-6-4-3-5-18(19)22(26)27)30-24(20)31-11-9-17(10-12-31)28-25(32)34-14-13-33-2/h2-3,5-6,8-9,15,17,22-23H,4,7,10-14H2,1H3,(H,29,33);4-9,15-16,22-23,33H,10-14H2,1-3H3;3-8,15,17,22H,9-14H2,1-2H3,(H,28,32)/t2*22-;/m01./s1. The number of hydrogen-bond donors (Lipinski definition) is 3. The molecule has 13 rings (SSSR count). The van der Waals surface area contributed by atoms with Crippen molar-refractivity contribution in [3.8, 4) is 34.2 Å². The van der Waals surface area contributed by atoms with Crippen LogP contribution in [0.1, 0.15) is 111 Å². The molecule has 9 aromatic rings. The first-order valence-electron chi connectivity index (χ1n) is 34.7. The van der Waals surface area contributed by atoms with Crippen LogP contribution in [0.3, 0.4) is 0 Å². The molecule has 4 saturated heterocycles. The van der Waals surface area contributed by atoms with Gasteiger partial charge in [-0.1, -0.05) is 105 Å². The number of aromatic nitrogens is 6. The van der Waals surface area contributed by atoms with Gasteiger partial charge in [0.2, 0.25) is 5.91 Å². The molecule has 25 heteroatoms. The van der Waals surface area contributed by atoms with Gasteiger partial charge in [-0.3, -0.25) is 9.59 Å². The average Bonchev–Trinajstić information content (AvgIpc) is 0.805. The van der Waals surface area contributed by atoms with E-state index >= 15 is 0 Å². The summed E-state index contributed by atoms with van der Waals surface area (Å²) >= 11 is 0. The molecular weight excluding hydrogens is 1320 g/mol. The van der Waals surface area contributed by atoms with Gasteiger partial charge in [-0.2, -0.15) is 0 Å². The Balaban J connectivity index is 0.000000154. The number of nitrogens with one attached hydrogen (secondary N) is 2. The number of methoxy groups -OCH3 is 1. The lowest BCUT2D eigenvalue weighted by Gasteiger charge is -2.37. The van der Waals surface area contributed by atoms with Gasteiger partial charge in [0.1, 0.15) is 36.3 Å². The van der Waals surface area contributed by atoms with Crippen molar-refractivity contribution in [3.05, 3.63) is 161 Å². The number of aliphatic hydroxyl groups excluding tert-OH is 1. The molecule has 102 heavy (non-hydrogen) atoms. The van der Waals surface area contributed by atoms with Crippen molar-refractivity contribution in [2.75, 3.05) is 94.0 Å². The second kappa shape index (κ2) is 33.9. The molecule has 0 spiro atoms. The first kappa shape index (κ1) is 73.6. The fourth-order valence-corrected chi connectivity index (χ4v) is 13.3. The highest BCUT2D eigenvalue weighted by atomic mass is 19.3. The number of anilines is 3. The molecular formula is C77H86F6N12O7. The summed E-state index contributed by atoms with van der Waals surface area (Å²) in [5.41, 5.74) is 5.95. The molecule has 4 aliphatic heterocycles. The highest BCUT2D eigenvalue weighted by Crippen LogP contribution is 2.38. The van der Waals surface area contributed by atoms with Gasteiger partial charge in [0.05, 0.1) is 23.2 Å². The van der Waals surface area contributed by atoms with Crippen molar-refractivity contribution in [1.82, 2.24) is 45.4 Å². The molecule has 7 heterocycles. The maximum Gasteiger partial charge on any atom is 0.407 e. The van der Waals surface area contributed by atoms with Crippen LogP contribution in [0.5, 0.6) is 0 Å². The van der Waals surface area contributed by atoms with Crippen molar-refractivity contribution < 1.29 is 60.0 Å². The summed E-state index contributed by atoms with van der Waals surface area (Å²) in [6.07, 6.45) is -4.54. The summed E-state index contributed by atoms with van der Waals surface area (Å²) in [6.45, 7) is 15.7. The number of piperidine rings is 2. The Morgan fingerprint density at radius 2 is 0.912 bits per heavy atom. The maximum absolute atomic E-state index is 13.7. The van der Waals surface area contributed by atoms with Gasteiger partial charge in [0, 0.05) is 128 Å². The summed E-state index contributed by atoms with van der Waals surface area (Å²) in [4.78, 5) is 73.3. The minimum Gasteiger partial charge on any atom is -0.447 e. The average molecular weight is 1410 g/mol. The summed E-state index contributed by atoms with van der Waals surface area (Å²) in [5.74, 6) is 2.93. The molecule has 0 aliphatic carbocycles. The van der Waals surface area contributed by atoms with E-state index in [1.54, 1.807) is 66.6 Å². The van der Waals surface area contributed by atoms with Crippen LogP contribution >= 0.6 is 0 Å². The van der Waals surface area contributed by atoms with E-state index in [1.165, 1.54) is 18.2 Å². The summed E-state index contributed by atoms with van der Waals surface area (Å²) in [7, 11) is 1.55. The van der Waals surface area contributed by atoms with Crippen LogP contribution in [0.25, 0.3) is 66.9 Å². The van der Waals surface area contributed by atoms with E-state index in [-0.39, 0.29) is 70.9 Å². The normalized spacial score (nSPS) is 16.4. The minimum absolute atomic E-state index is 0.0133. The highest BCUT2D eigenvalue weighted by Gasteiger charge is 2.32. The van der Waals surface area contributed by atoms with E-state index in [1.807, 2.05) is 89.2 Å². The molecule has 4 aliphatic rings. The first-order chi connectivity index (χ1) is 49.2. The molecule has 3 aromatic heterocycles. The number of piperazine rings is 1. The Bertz CT molecular complexity index is 4390. The Kier molecular flexibility index (Phi) is 24.5. The van der Waals surface area contributed by atoms with Crippen molar-refractivity contribution in [3.63, 3.8) is 0 Å². The van der Waals surface area contributed by atoms with E-state index < -0.39 is 31.5 Å². The zero-order chi connectivity index (χ0) is 72.1. The van der Waals surface area contributed by atoms with Crippen LogP contribution in [0.15, 0.2) is 127 Å². The number of alkyl carbamates (subject to hydrolysis) is 1. The first-order valence-corrected chi connectivity index (χ1v) is 34.7. The van der Waals surface area contributed by atoms with Crippen molar-refractivity contribution >= 4 is 68.1 Å². The predicted octanol–water partition coefficient (Wildman–Crippen LogP) is 14.3. The van der Waals surface area contributed by atoms with Crippen LogP contribution in [0, 0.1) is 26.7 Å². The zero-order valence-electron chi connectivity index (χ0n) is 58.1. The summed E-state index contributed by atoms with van der Waals surface area (Å²) in [6, 6.07) is 36.9. The predicted molar refractivity (Wildman–Crippen MR) is 382 cm³/mol. The molecule has 3 amide bonds. The quantitative estimate of drug-likeness (QED) is 0.0538. The number of carbonyl (C=O) groups is 3. The van der Waals surface area contributed by atoms with Gasteiger partial charge in [-0.25, -0.2) is 61.0 Å². The lowest BCUT2D eigenvalue weighted by atomic mass is 10.0. The number of amides is 3. The Labute approximate surface area is 589 Å². The van der Waals surface area contributed by atoms with Crippen LogP contribution in [-0.2, 0) is 23.8 Å². The molecule has 0 unspecified atom stereocenters. The number of rotatable bonds is 18. The lowest BCUT2D eigenvalue weighted by Crippen LogP contribution is -2.52. The van der Waals surface area contributed by atoms with Gasteiger partial charge < -0.3 is 49.6 Å². The van der Waals surface area contributed by atoms with Gasteiger partial charge in [0.15, 0.2) is 17.5 Å². The van der Waals surface area contributed by atoms with Crippen LogP contribution in [-0.4, -0.2) is 161 Å². The van der Waals surface area contributed by atoms with E-state index in [0.29, 0.717) is 130 Å². The fraction of sp³-hybridized carbons (Fsp3) is 0.416. The number of benzene rings is 6. The smallest absolute Gasteiger partial charge is 0.407 e. The summed E-state index contributed by atoms with van der Waals surface area (Å²) in [5, 5.41) is 18.9. The van der Waals surface area contributed by atoms with Crippen molar-refractivity contribution in [1.29, 1.82) is 0 Å². The number of carbonyl (C=O) groups excluding carboxylic acids is 3. The highest BCUT2D eigenvalue weighted by molar-refractivity contribution is 5.94. The molecule has 2 atom stereocenters. The Morgan fingerprint density at radius 3 is 1.28 bits per heavy atom. The maximum atomic E-state index is 13.7. The number of aryl methyl sites for hydroxylation is 3. The van der Waals surface area contributed by atoms with Crippen molar-refractivity contribution in [2.45, 2.75) is 123 Å². The molecule has 0 bridgehead atoms. The second-order valence-corrected chi connectivity index (χ2v) is 26.6. The number of halogens is 6. The van der Waals surface area contributed by atoms with Crippen molar-refractivity contribution in [2.24, 2.45) is 5.92 Å². The number of ether oxygens (including phenoxy) is 3. The number of aliphatic hydroxyl groups is 1. The van der Waals surface area contributed by atoms with Gasteiger partial charge in [-0.05, 0) is 125 Å². The molecule has 0 radical (unpaired) electrons. The van der Waals surface area contributed by atoms with Gasteiger partial charge >= 0.3 is 6.09 Å². The number of alkyl halides is 6. The molecule has 19 nitrogen and oxygen atoms in total. The third kappa shape index (κ3) is 18.0. The number of fused-ring (bicyclic) bond motifs is 3. The second-order valence-electron chi connectivity index (χ2n) is 26.6. The largest absolute Gasteiger partial charge is 0.447 e. The third-order valence-electron chi connectivity index (χ3n) is 18.7. The van der Waals surface area contributed by atoms with E-state index in [2.05, 4.69) is 40.3 Å². The molecule has 538 valence electrons. The van der Waals surface area contributed by atoms with Crippen LogP contribution in [0.4, 0.5) is 48.6 Å². The minimum atomic E-state index is -2.64. The molecule has 3 N–H and O–H groups in total. The molecule has 6 aromatic carbocycles. The van der Waals surface area contributed by atoms with Gasteiger partial charge in [0.25, 0.3) is 25.2 Å². The van der Waals surface area contributed by atoms with E-state index in [9.17, 15) is 45.8 Å². The van der Waals surface area contributed by atoms with E-state index in [0.717, 1.165) is 69.9 Å². The third-order valence-corrected chi connectivity index (χ3v) is 18.7. The van der Waals surface area contributed by atoms with Crippen LogP contribution in [0.2, 0.25) is 0 Å². The zero-order valence-corrected chi connectivity index (χ0v) is 58.1. The number of hydrogen-bond acceptors (Lipinski definition) is 16. The van der Waals surface area contributed by atoms with Crippen LogP contribution < -0.4 is 25.3 Å².